The minimum atomic E-state index is -3.36. The van der Waals surface area contributed by atoms with Gasteiger partial charge in [0.1, 0.15) is 0 Å². The monoisotopic (exact) mass is 337 g/mol. The number of sulfone groups is 1. The smallest absolute Gasteiger partial charge is 0.255 e. The molecular formula is C16H16ClNO3S. The Kier molecular flexibility index (Phi) is 4.58. The van der Waals surface area contributed by atoms with Crippen molar-refractivity contribution in [3.05, 3.63) is 58.1 Å². The van der Waals surface area contributed by atoms with Gasteiger partial charge in [-0.25, -0.2) is 8.42 Å². The summed E-state index contributed by atoms with van der Waals surface area (Å²) in [6.07, 6.45) is 1.11. The predicted octanol–water partition coefficient (Wildman–Crippen LogP) is 3.61. The van der Waals surface area contributed by atoms with Gasteiger partial charge in [-0.15, -0.1) is 0 Å². The van der Waals surface area contributed by atoms with Gasteiger partial charge in [-0.05, 0) is 49.2 Å². The van der Waals surface area contributed by atoms with Crippen LogP contribution in [0.2, 0.25) is 5.02 Å². The molecule has 0 aliphatic rings. The molecule has 2 aromatic carbocycles. The Hall–Kier alpha value is -1.85. The Balaban J connectivity index is 2.39. The Morgan fingerprint density at radius 1 is 1.05 bits per heavy atom. The van der Waals surface area contributed by atoms with Gasteiger partial charge in [0.05, 0.1) is 4.90 Å². The highest BCUT2D eigenvalue weighted by atomic mass is 35.5. The van der Waals surface area contributed by atoms with E-state index in [0.29, 0.717) is 21.8 Å². The van der Waals surface area contributed by atoms with Crippen LogP contribution in [0.3, 0.4) is 0 Å². The lowest BCUT2D eigenvalue weighted by Crippen LogP contribution is -2.15. The number of amides is 1. The summed E-state index contributed by atoms with van der Waals surface area (Å²) < 4.78 is 23.3. The number of aryl methyl sites for hydroxylation is 2. The molecule has 0 fully saturated rings. The highest BCUT2D eigenvalue weighted by Crippen LogP contribution is 2.22. The Morgan fingerprint density at radius 3 is 2.32 bits per heavy atom. The molecule has 0 unspecified atom stereocenters. The van der Waals surface area contributed by atoms with Gasteiger partial charge in [0.2, 0.25) is 0 Å². The van der Waals surface area contributed by atoms with Crippen LogP contribution in [-0.4, -0.2) is 20.6 Å². The predicted molar refractivity (Wildman–Crippen MR) is 88.4 cm³/mol. The fourth-order valence-corrected chi connectivity index (χ4v) is 2.81. The minimum absolute atomic E-state index is 0.117. The fourth-order valence-electron chi connectivity index (χ4n) is 1.99. The zero-order valence-electron chi connectivity index (χ0n) is 12.5. The summed E-state index contributed by atoms with van der Waals surface area (Å²) in [7, 11) is -3.36. The molecule has 22 heavy (non-hydrogen) atoms. The Bertz CT molecular complexity index is 844. The maximum Gasteiger partial charge on any atom is 0.255 e. The van der Waals surface area contributed by atoms with Gasteiger partial charge >= 0.3 is 0 Å². The van der Waals surface area contributed by atoms with Crippen LogP contribution in [0.4, 0.5) is 5.69 Å². The minimum Gasteiger partial charge on any atom is -0.322 e. The quantitative estimate of drug-likeness (QED) is 0.930. The molecule has 4 nitrogen and oxygen atoms in total. The topological polar surface area (TPSA) is 63.2 Å². The van der Waals surface area contributed by atoms with Crippen LogP contribution in [-0.2, 0) is 9.84 Å². The molecule has 0 heterocycles. The SMILES string of the molecule is Cc1ccc(Cl)cc1NC(=O)c1cc(S(C)(=O)=O)ccc1C. The molecule has 0 aromatic heterocycles. The van der Waals surface area contributed by atoms with Gasteiger partial charge in [-0.2, -0.15) is 0 Å². The number of rotatable bonds is 3. The summed E-state index contributed by atoms with van der Waals surface area (Å²) in [5.41, 5.74) is 2.49. The second kappa shape index (κ2) is 6.10. The van der Waals surface area contributed by atoms with Crippen molar-refractivity contribution in [1.29, 1.82) is 0 Å². The first kappa shape index (κ1) is 16.5. The molecule has 0 radical (unpaired) electrons. The number of anilines is 1. The fraction of sp³-hybridized carbons (Fsp3) is 0.188. The van der Waals surface area contributed by atoms with E-state index in [0.717, 1.165) is 11.8 Å². The van der Waals surface area contributed by atoms with E-state index in [1.807, 2.05) is 6.92 Å². The zero-order valence-corrected chi connectivity index (χ0v) is 14.0. The van der Waals surface area contributed by atoms with E-state index in [2.05, 4.69) is 5.32 Å². The van der Waals surface area contributed by atoms with Crippen molar-refractivity contribution in [3.63, 3.8) is 0 Å². The standard InChI is InChI=1S/C16H16ClNO3S/c1-10-5-7-13(22(3,20)21)9-14(10)16(19)18-15-8-12(17)6-4-11(15)2/h4-9H,1-3H3,(H,18,19). The lowest BCUT2D eigenvalue weighted by atomic mass is 10.1. The van der Waals surface area contributed by atoms with Crippen molar-refractivity contribution < 1.29 is 13.2 Å². The number of benzene rings is 2. The van der Waals surface area contributed by atoms with Crippen LogP contribution < -0.4 is 5.32 Å². The number of hydrogen-bond acceptors (Lipinski definition) is 3. The molecule has 0 aliphatic heterocycles. The Morgan fingerprint density at radius 2 is 1.68 bits per heavy atom. The van der Waals surface area contributed by atoms with Crippen molar-refractivity contribution in [1.82, 2.24) is 0 Å². The van der Waals surface area contributed by atoms with Crippen LogP contribution in [0, 0.1) is 13.8 Å². The molecule has 1 amide bonds. The van der Waals surface area contributed by atoms with E-state index in [1.165, 1.54) is 12.1 Å². The second-order valence-corrected chi connectivity index (χ2v) is 7.61. The zero-order chi connectivity index (χ0) is 16.5. The van der Waals surface area contributed by atoms with Crippen molar-refractivity contribution in [2.45, 2.75) is 18.7 Å². The van der Waals surface area contributed by atoms with Crippen LogP contribution in [0.25, 0.3) is 0 Å². The molecule has 6 heteroatoms. The van der Waals surface area contributed by atoms with E-state index >= 15 is 0 Å². The molecule has 2 aromatic rings. The third-order valence-electron chi connectivity index (χ3n) is 3.33. The van der Waals surface area contributed by atoms with Crippen molar-refractivity contribution >= 4 is 33.0 Å². The molecule has 0 saturated heterocycles. The molecule has 0 saturated carbocycles. The van der Waals surface area contributed by atoms with Gasteiger partial charge in [0, 0.05) is 22.5 Å². The van der Waals surface area contributed by atoms with E-state index < -0.39 is 9.84 Å². The molecule has 116 valence electrons. The number of carbonyl (C=O) groups is 1. The molecule has 2 rings (SSSR count). The van der Waals surface area contributed by atoms with Gasteiger partial charge in [0.25, 0.3) is 5.91 Å². The van der Waals surface area contributed by atoms with Gasteiger partial charge in [-0.1, -0.05) is 23.7 Å². The highest BCUT2D eigenvalue weighted by Gasteiger charge is 2.15. The van der Waals surface area contributed by atoms with E-state index in [-0.39, 0.29) is 10.8 Å². The first-order valence-corrected chi connectivity index (χ1v) is 8.83. The van der Waals surface area contributed by atoms with Crippen LogP contribution in [0.5, 0.6) is 0 Å². The van der Waals surface area contributed by atoms with Crippen LogP contribution >= 0.6 is 11.6 Å². The van der Waals surface area contributed by atoms with E-state index in [4.69, 9.17) is 11.6 Å². The van der Waals surface area contributed by atoms with Gasteiger partial charge in [0.15, 0.2) is 9.84 Å². The van der Waals surface area contributed by atoms with Gasteiger partial charge in [-0.3, -0.25) is 4.79 Å². The van der Waals surface area contributed by atoms with E-state index in [9.17, 15) is 13.2 Å². The number of carbonyl (C=O) groups excluding carboxylic acids is 1. The third-order valence-corrected chi connectivity index (χ3v) is 4.67. The normalized spacial score (nSPS) is 11.3. The average Bonchev–Trinajstić information content (AvgIpc) is 2.42. The summed E-state index contributed by atoms with van der Waals surface area (Å²) in [5.74, 6) is -0.367. The summed E-state index contributed by atoms with van der Waals surface area (Å²) >= 11 is 5.93. The maximum absolute atomic E-state index is 12.4. The maximum atomic E-state index is 12.4. The van der Waals surface area contributed by atoms with Crippen LogP contribution in [0.1, 0.15) is 21.5 Å². The summed E-state index contributed by atoms with van der Waals surface area (Å²) in [5, 5.41) is 3.28. The molecule has 0 atom stereocenters. The molecular weight excluding hydrogens is 322 g/mol. The van der Waals surface area contributed by atoms with Gasteiger partial charge < -0.3 is 5.32 Å². The number of halogens is 1. The summed E-state index contributed by atoms with van der Waals surface area (Å²) in [4.78, 5) is 12.5. The first-order valence-electron chi connectivity index (χ1n) is 6.56. The van der Waals surface area contributed by atoms with Crippen LogP contribution in [0.15, 0.2) is 41.3 Å². The third kappa shape index (κ3) is 3.67. The molecule has 0 spiro atoms. The number of hydrogen-bond donors (Lipinski definition) is 1. The highest BCUT2D eigenvalue weighted by molar-refractivity contribution is 7.90. The summed E-state index contributed by atoms with van der Waals surface area (Å²) in [6, 6.07) is 9.70. The Labute approximate surface area is 135 Å². The van der Waals surface area contributed by atoms with Crippen molar-refractivity contribution in [3.8, 4) is 0 Å². The number of nitrogens with one attached hydrogen (secondary N) is 1. The summed E-state index contributed by atoms with van der Waals surface area (Å²) in [6.45, 7) is 3.61. The first-order chi connectivity index (χ1) is 10.2. The average molecular weight is 338 g/mol. The lowest BCUT2D eigenvalue weighted by Gasteiger charge is -2.11. The van der Waals surface area contributed by atoms with Crippen molar-refractivity contribution in [2.75, 3.05) is 11.6 Å². The second-order valence-electron chi connectivity index (χ2n) is 5.16. The largest absolute Gasteiger partial charge is 0.322 e. The van der Waals surface area contributed by atoms with Crippen molar-refractivity contribution in [2.24, 2.45) is 0 Å². The molecule has 0 bridgehead atoms. The lowest BCUT2D eigenvalue weighted by molar-refractivity contribution is 0.102. The molecule has 1 N–H and O–H groups in total. The van der Waals surface area contributed by atoms with E-state index in [1.54, 1.807) is 31.2 Å². The molecule has 0 aliphatic carbocycles.